The molecule has 2 rings (SSSR count). The standard InChI is InChI=1S/C13H23N3O2/c1-2-14-10-12-9-13(18-15-12)11-17-8-7-16-5-3-4-6-16/h9,14H,2-8,10-11H2,1H3. The van der Waals surface area contributed by atoms with Crippen LogP contribution in [0.15, 0.2) is 10.6 Å². The number of ether oxygens (including phenoxy) is 1. The molecule has 5 nitrogen and oxygen atoms in total. The van der Waals surface area contributed by atoms with E-state index in [-0.39, 0.29) is 0 Å². The first-order valence-corrected chi connectivity index (χ1v) is 6.84. The van der Waals surface area contributed by atoms with Crippen molar-refractivity contribution < 1.29 is 9.26 Å². The molecule has 1 aromatic heterocycles. The molecule has 0 amide bonds. The molecule has 0 radical (unpaired) electrons. The molecule has 2 heterocycles. The zero-order valence-electron chi connectivity index (χ0n) is 11.2. The van der Waals surface area contributed by atoms with Gasteiger partial charge < -0.3 is 19.5 Å². The summed E-state index contributed by atoms with van der Waals surface area (Å²) in [4.78, 5) is 2.44. The molecular weight excluding hydrogens is 230 g/mol. The van der Waals surface area contributed by atoms with Crippen LogP contribution >= 0.6 is 0 Å². The van der Waals surface area contributed by atoms with Crippen molar-refractivity contribution in [3.8, 4) is 0 Å². The molecule has 0 atom stereocenters. The van der Waals surface area contributed by atoms with Crippen LogP contribution in [-0.2, 0) is 17.9 Å². The Bertz CT molecular complexity index is 335. The van der Waals surface area contributed by atoms with Crippen LogP contribution in [0.1, 0.15) is 31.2 Å². The third-order valence-corrected chi connectivity index (χ3v) is 3.16. The van der Waals surface area contributed by atoms with E-state index in [4.69, 9.17) is 9.26 Å². The molecule has 0 aromatic carbocycles. The first-order valence-electron chi connectivity index (χ1n) is 6.84. The fourth-order valence-electron chi connectivity index (χ4n) is 2.13. The van der Waals surface area contributed by atoms with Crippen molar-refractivity contribution in [2.24, 2.45) is 0 Å². The summed E-state index contributed by atoms with van der Waals surface area (Å²) in [6, 6.07) is 1.96. The quantitative estimate of drug-likeness (QED) is 0.710. The van der Waals surface area contributed by atoms with Crippen molar-refractivity contribution in [2.75, 3.05) is 32.8 Å². The second-order valence-electron chi connectivity index (χ2n) is 4.67. The lowest BCUT2D eigenvalue weighted by Crippen LogP contribution is -2.23. The Hall–Kier alpha value is -0.910. The number of likely N-dealkylation sites (tertiary alicyclic amines) is 1. The summed E-state index contributed by atoms with van der Waals surface area (Å²) in [6.07, 6.45) is 2.66. The van der Waals surface area contributed by atoms with Crippen LogP contribution in [0.4, 0.5) is 0 Å². The molecule has 1 saturated heterocycles. The van der Waals surface area contributed by atoms with E-state index in [2.05, 4.69) is 22.3 Å². The van der Waals surface area contributed by atoms with Crippen molar-refractivity contribution in [1.82, 2.24) is 15.4 Å². The Morgan fingerprint density at radius 3 is 3.06 bits per heavy atom. The summed E-state index contributed by atoms with van der Waals surface area (Å²) in [6.45, 7) is 8.52. The van der Waals surface area contributed by atoms with Gasteiger partial charge >= 0.3 is 0 Å². The van der Waals surface area contributed by atoms with Gasteiger partial charge in [-0.05, 0) is 32.5 Å². The lowest BCUT2D eigenvalue weighted by Gasteiger charge is -2.13. The van der Waals surface area contributed by atoms with Crippen LogP contribution in [0.5, 0.6) is 0 Å². The van der Waals surface area contributed by atoms with Crippen LogP contribution in [0.3, 0.4) is 0 Å². The third kappa shape index (κ3) is 4.40. The molecule has 102 valence electrons. The van der Waals surface area contributed by atoms with E-state index in [0.29, 0.717) is 6.61 Å². The van der Waals surface area contributed by atoms with Gasteiger partial charge in [0, 0.05) is 19.2 Å². The molecule has 1 fully saturated rings. The van der Waals surface area contributed by atoms with Gasteiger partial charge in [0.1, 0.15) is 6.61 Å². The molecular formula is C13H23N3O2. The summed E-state index contributed by atoms with van der Waals surface area (Å²) < 4.78 is 10.8. The molecule has 0 unspecified atom stereocenters. The van der Waals surface area contributed by atoms with Crippen LogP contribution < -0.4 is 5.32 Å². The summed E-state index contributed by atoms with van der Waals surface area (Å²) in [5.74, 6) is 0.810. The maximum atomic E-state index is 5.60. The van der Waals surface area contributed by atoms with E-state index >= 15 is 0 Å². The van der Waals surface area contributed by atoms with Crippen molar-refractivity contribution in [3.63, 3.8) is 0 Å². The number of nitrogens with zero attached hydrogens (tertiary/aromatic N) is 2. The normalized spacial score (nSPS) is 16.5. The maximum absolute atomic E-state index is 5.60. The Kier molecular flexibility index (Phi) is 5.64. The van der Waals surface area contributed by atoms with Crippen LogP contribution in [0, 0.1) is 0 Å². The maximum Gasteiger partial charge on any atom is 0.162 e. The average Bonchev–Trinajstić information content (AvgIpc) is 3.04. The molecule has 0 saturated carbocycles. The largest absolute Gasteiger partial charge is 0.372 e. The number of nitrogens with one attached hydrogen (secondary N) is 1. The average molecular weight is 253 g/mol. The van der Waals surface area contributed by atoms with Gasteiger partial charge in [-0.15, -0.1) is 0 Å². The lowest BCUT2D eigenvalue weighted by molar-refractivity contribution is 0.0836. The van der Waals surface area contributed by atoms with Crippen LogP contribution in [0.2, 0.25) is 0 Å². The topological polar surface area (TPSA) is 50.5 Å². The Morgan fingerprint density at radius 1 is 1.44 bits per heavy atom. The smallest absolute Gasteiger partial charge is 0.162 e. The molecule has 1 aromatic rings. The summed E-state index contributed by atoms with van der Waals surface area (Å²) in [5.41, 5.74) is 0.940. The number of rotatable bonds is 8. The third-order valence-electron chi connectivity index (χ3n) is 3.16. The second kappa shape index (κ2) is 7.51. The van der Waals surface area contributed by atoms with Gasteiger partial charge in [0.2, 0.25) is 0 Å². The molecule has 1 aliphatic rings. The van der Waals surface area contributed by atoms with E-state index in [1.165, 1.54) is 25.9 Å². The zero-order valence-corrected chi connectivity index (χ0v) is 11.2. The molecule has 1 N–H and O–H groups in total. The summed E-state index contributed by atoms with van der Waals surface area (Å²) in [5, 5.41) is 7.19. The molecule has 18 heavy (non-hydrogen) atoms. The van der Waals surface area contributed by atoms with Gasteiger partial charge in [-0.3, -0.25) is 0 Å². The fourth-order valence-corrected chi connectivity index (χ4v) is 2.13. The molecule has 5 heteroatoms. The van der Waals surface area contributed by atoms with Gasteiger partial charge in [0.05, 0.1) is 12.3 Å². The van der Waals surface area contributed by atoms with E-state index in [9.17, 15) is 0 Å². The van der Waals surface area contributed by atoms with Crippen LogP contribution in [-0.4, -0.2) is 42.8 Å². The summed E-state index contributed by atoms with van der Waals surface area (Å²) >= 11 is 0. The molecule has 0 aliphatic carbocycles. The highest BCUT2D eigenvalue weighted by Gasteiger charge is 2.10. The first-order chi connectivity index (χ1) is 8.88. The lowest BCUT2D eigenvalue weighted by atomic mass is 10.3. The Balaban J connectivity index is 1.59. The number of aromatic nitrogens is 1. The second-order valence-corrected chi connectivity index (χ2v) is 4.67. The Labute approximate surface area is 108 Å². The Morgan fingerprint density at radius 2 is 2.28 bits per heavy atom. The van der Waals surface area contributed by atoms with Gasteiger partial charge in [-0.1, -0.05) is 12.1 Å². The summed E-state index contributed by atoms with van der Waals surface area (Å²) in [7, 11) is 0. The van der Waals surface area contributed by atoms with Gasteiger partial charge in [0.15, 0.2) is 5.76 Å². The van der Waals surface area contributed by atoms with Gasteiger partial charge in [0.25, 0.3) is 0 Å². The van der Waals surface area contributed by atoms with Crippen molar-refractivity contribution in [2.45, 2.75) is 32.9 Å². The van der Waals surface area contributed by atoms with E-state index in [0.717, 1.165) is 37.7 Å². The van der Waals surface area contributed by atoms with E-state index < -0.39 is 0 Å². The van der Waals surface area contributed by atoms with Crippen molar-refractivity contribution in [1.29, 1.82) is 0 Å². The van der Waals surface area contributed by atoms with E-state index in [1.807, 2.05) is 6.07 Å². The highest BCUT2D eigenvalue weighted by molar-refractivity contribution is 5.04. The number of hydrogen-bond donors (Lipinski definition) is 1. The minimum Gasteiger partial charge on any atom is -0.372 e. The highest BCUT2D eigenvalue weighted by atomic mass is 16.5. The van der Waals surface area contributed by atoms with Gasteiger partial charge in [-0.2, -0.15) is 0 Å². The first kappa shape index (κ1) is 13.5. The SMILES string of the molecule is CCNCc1cc(COCCN2CCCC2)on1. The predicted octanol–water partition coefficient (Wildman–Crippen LogP) is 1.40. The van der Waals surface area contributed by atoms with Crippen molar-refractivity contribution in [3.05, 3.63) is 17.5 Å². The molecule has 0 spiro atoms. The predicted molar refractivity (Wildman–Crippen MR) is 69.2 cm³/mol. The minimum absolute atomic E-state index is 0.521. The van der Waals surface area contributed by atoms with Crippen LogP contribution in [0.25, 0.3) is 0 Å². The zero-order chi connectivity index (χ0) is 12.6. The number of hydrogen-bond acceptors (Lipinski definition) is 5. The van der Waals surface area contributed by atoms with Gasteiger partial charge in [-0.25, -0.2) is 0 Å². The van der Waals surface area contributed by atoms with Crippen molar-refractivity contribution >= 4 is 0 Å². The van der Waals surface area contributed by atoms with E-state index in [1.54, 1.807) is 0 Å². The molecule has 0 bridgehead atoms. The fraction of sp³-hybridized carbons (Fsp3) is 0.769. The highest BCUT2D eigenvalue weighted by Crippen LogP contribution is 2.08. The minimum atomic E-state index is 0.521. The molecule has 1 aliphatic heterocycles. The monoisotopic (exact) mass is 253 g/mol.